The molecule has 3 unspecified atom stereocenters. The maximum atomic E-state index is 11.2. The zero-order valence-electron chi connectivity index (χ0n) is 7.88. The molecule has 0 radical (unpaired) electrons. The second-order valence-corrected chi connectivity index (χ2v) is 3.96. The molecule has 0 spiro atoms. The fourth-order valence-corrected chi connectivity index (χ4v) is 2.39. The fourth-order valence-electron chi connectivity index (χ4n) is 2.39. The Morgan fingerprint density at radius 1 is 1.62 bits per heavy atom. The predicted molar refractivity (Wildman–Crippen MR) is 48.3 cm³/mol. The van der Waals surface area contributed by atoms with Gasteiger partial charge in [-0.25, -0.2) is 0 Å². The van der Waals surface area contributed by atoms with Gasteiger partial charge in [-0.3, -0.25) is 4.79 Å². The minimum atomic E-state index is 0.00171. The molecular formula is C9H16N2O2. The Bertz CT molecular complexity index is 208. The van der Waals surface area contributed by atoms with E-state index in [2.05, 4.69) is 10.6 Å². The highest BCUT2D eigenvalue weighted by atomic mass is 16.5. The smallest absolute Gasteiger partial charge is 0.246 e. The Morgan fingerprint density at radius 3 is 3.00 bits per heavy atom. The van der Waals surface area contributed by atoms with Crippen LogP contribution in [0.4, 0.5) is 0 Å². The van der Waals surface area contributed by atoms with E-state index in [-0.39, 0.29) is 12.5 Å². The Hall–Kier alpha value is -0.610. The summed E-state index contributed by atoms with van der Waals surface area (Å²) in [6.45, 7) is 1.30. The number of ether oxygens (including phenoxy) is 1. The Morgan fingerprint density at radius 2 is 2.46 bits per heavy atom. The molecule has 2 aliphatic rings. The van der Waals surface area contributed by atoms with Gasteiger partial charge in [0.05, 0.1) is 0 Å². The third-order valence-electron chi connectivity index (χ3n) is 2.95. The monoisotopic (exact) mass is 184 g/mol. The standard InChI is InChI=1S/C9H16N2O2/c1-13-5-9(12)11-8-3-6-2-7(8)10-4-6/h6-8,10H,2-5H2,1H3,(H,11,12). The second kappa shape index (κ2) is 3.64. The van der Waals surface area contributed by atoms with Crippen LogP contribution in [0.2, 0.25) is 0 Å². The number of nitrogens with one attached hydrogen (secondary N) is 2. The van der Waals surface area contributed by atoms with Gasteiger partial charge in [-0.2, -0.15) is 0 Å². The van der Waals surface area contributed by atoms with Crippen molar-refractivity contribution in [2.24, 2.45) is 5.92 Å². The minimum Gasteiger partial charge on any atom is -0.375 e. The lowest BCUT2D eigenvalue weighted by Crippen LogP contribution is -2.48. The summed E-state index contributed by atoms with van der Waals surface area (Å²) in [7, 11) is 1.54. The first kappa shape index (κ1) is 8.97. The van der Waals surface area contributed by atoms with E-state index < -0.39 is 0 Å². The molecule has 74 valence electrons. The van der Waals surface area contributed by atoms with Crippen molar-refractivity contribution < 1.29 is 9.53 Å². The molecule has 2 fully saturated rings. The Kier molecular flexibility index (Phi) is 2.51. The van der Waals surface area contributed by atoms with Gasteiger partial charge in [0, 0.05) is 19.2 Å². The molecule has 1 saturated carbocycles. The van der Waals surface area contributed by atoms with Gasteiger partial charge in [0.25, 0.3) is 0 Å². The first-order valence-corrected chi connectivity index (χ1v) is 4.81. The summed E-state index contributed by atoms with van der Waals surface area (Å²) in [6.07, 6.45) is 2.35. The molecule has 0 aromatic heterocycles. The number of amides is 1. The molecule has 4 nitrogen and oxygen atoms in total. The lowest BCUT2D eigenvalue weighted by atomic mass is 10.1. The van der Waals surface area contributed by atoms with Gasteiger partial charge in [0.15, 0.2) is 0 Å². The maximum Gasteiger partial charge on any atom is 0.246 e. The van der Waals surface area contributed by atoms with E-state index in [0.29, 0.717) is 12.1 Å². The van der Waals surface area contributed by atoms with Gasteiger partial charge in [-0.1, -0.05) is 0 Å². The summed E-state index contributed by atoms with van der Waals surface area (Å²) in [5.74, 6) is 0.777. The zero-order valence-corrected chi connectivity index (χ0v) is 7.88. The number of carbonyl (C=O) groups is 1. The van der Waals surface area contributed by atoms with Crippen LogP contribution in [0.3, 0.4) is 0 Å². The van der Waals surface area contributed by atoms with Gasteiger partial charge in [-0.15, -0.1) is 0 Å². The topological polar surface area (TPSA) is 50.4 Å². The summed E-state index contributed by atoms with van der Waals surface area (Å²) in [5.41, 5.74) is 0. The van der Waals surface area contributed by atoms with Crippen molar-refractivity contribution in [1.29, 1.82) is 0 Å². The van der Waals surface area contributed by atoms with Crippen LogP contribution in [0.15, 0.2) is 0 Å². The molecule has 13 heavy (non-hydrogen) atoms. The van der Waals surface area contributed by atoms with E-state index >= 15 is 0 Å². The molecule has 2 N–H and O–H groups in total. The molecule has 1 amide bonds. The van der Waals surface area contributed by atoms with E-state index in [4.69, 9.17) is 4.74 Å². The molecule has 4 heteroatoms. The van der Waals surface area contributed by atoms with Crippen LogP contribution in [-0.4, -0.2) is 38.3 Å². The molecule has 2 rings (SSSR count). The van der Waals surface area contributed by atoms with Crippen LogP contribution < -0.4 is 10.6 Å². The molecule has 1 heterocycles. The quantitative estimate of drug-likeness (QED) is 0.621. The highest BCUT2D eigenvalue weighted by Crippen LogP contribution is 2.30. The first-order valence-electron chi connectivity index (χ1n) is 4.81. The number of methoxy groups -OCH3 is 1. The third kappa shape index (κ3) is 1.84. The van der Waals surface area contributed by atoms with Gasteiger partial charge in [0.2, 0.25) is 5.91 Å². The van der Waals surface area contributed by atoms with E-state index in [1.54, 1.807) is 7.11 Å². The van der Waals surface area contributed by atoms with Gasteiger partial charge in [-0.05, 0) is 25.3 Å². The number of rotatable bonds is 3. The summed E-state index contributed by atoms with van der Waals surface area (Å²) in [4.78, 5) is 11.2. The summed E-state index contributed by atoms with van der Waals surface area (Å²) < 4.78 is 4.76. The largest absolute Gasteiger partial charge is 0.375 e. The Balaban J connectivity index is 1.79. The van der Waals surface area contributed by atoms with Crippen LogP contribution in [0, 0.1) is 5.92 Å². The number of fused-ring (bicyclic) bond motifs is 2. The molecule has 3 atom stereocenters. The second-order valence-electron chi connectivity index (χ2n) is 3.96. The summed E-state index contributed by atoms with van der Waals surface area (Å²) in [6, 6.07) is 0.840. The van der Waals surface area contributed by atoms with Crippen molar-refractivity contribution in [3.05, 3.63) is 0 Å². The van der Waals surface area contributed by atoms with Crippen LogP contribution in [0.1, 0.15) is 12.8 Å². The number of hydrogen-bond acceptors (Lipinski definition) is 3. The number of carbonyl (C=O) groups excluding carboxylic acids is 1. The van der Waals surface area contributed by atoms with Crippen molar-refractivity contribution in [3.63, 3.8) is 0 Å². The van der Waals surface area contributed by atoms with Crippen LogP contribution in [0.5, 0.6) is 0 Å². The average molecular weight is 184 g/mol. The molecule has 1 saturated heterocycles. The first-order chi connectivity index (χ1) is 6.29. The van der Waals surface area contributed by atoms with Crippen LogP contribution in [-0.2, 0) is 9.53 Å². The normalized spacial score (nSPS) is 36.5. The third-order valence-corrected chi connectivity index (χ3v) is 2.95. The molecule has 0 aromatic rings. The lowest BCUT2D eigenvalue weighted by molar-refractivity contribution is -0.125. The van der Waals surface area contributed by atoms with Crippen LogP contribution >= 0.6 is 0 Å². The van der Waals surface area contributed by atoms with Gasteiger partial charge in [0.1, 0.15) is 6.61 Å². The predicted octanol–water partition coefficient (Wildman–Crippen LogP) is -0.501. The number of piperidine rings is 1. The van der Waals surface area contributed by atoms with E-state index in [1.807, 2.05) is 0 Å². The molecule has 1 aliphatic carbocycles. The maximum absolute atomic E-state index is 11.2. The molecule has 0 aromatic carbocycles. The number of hydrogen-bond donors (Lipinski definition) is 2. The minimum absolute atomic E-state index is 0.00171. The van der Waals surface area contributed by atoms with Gasteiger partial charge >= 0.3 is 0 Å². The lowest BCUT2D eigenvalue weighted by Gasteiger charge is -2.23. The van der Waals surface area contributed by atoms with Crippen molar-refractivity contribution in [3.8, 4) is 0 Å². The summed E-state index contributed by atoms with van der Waals surface area (Å²) >= 11 is 0. The SMILES string of the molecule is COCC(=O)NC1CC2CNC1C2. The van der Waals surface area contributed by atoms with E-state index in [0.717, 1.165) is 18.9 Å². The summed E-state index contributed by atoms with van der Waals surface area (Å²) in [5, 5.41) is 6.38. The molecular weight excluding hydrogens is 168 g/mol. The van der Waals surface area contributed by atoms with Gasteiger partial charge < -0.3 is 15.4 Å². The molecule has 1 aliphatic heterocycles. The van der Waals surface area contributed by atoms with Crippen molar-refractivity contribution in [2.45, 2.75) is 24.9 Å². The van der Waals surface area contributed by atoms with E-state index in [1.165, 1.54) is 6.42 Å². The highest BCUT2D eigenvalue weighted by Gasteiger charge is 2.39. The zero-order chi connectivity index (χ0) is 9.26. The van der Waals surface area contributed by atoms with E-state index in [9.17, 15) is 4.79 Å². The Labute approximate surface area is 78.0 Å². The van der Waals surface area contributed by atoms with Crippen molar-refractivity contribution in [2.75, 3.05) is 20.3 Å². The highest BCUT2D eigenvalue weighted by molar-refractivity contribution is 5.77. The molecule has 2 bridgehead atoms. The van der Waals surface area contributed by atoms with Crippen LogP contribution in [0.25, 0.3) is 0 Å². The van der Waals surface area contributed by atoms with Crippen molar-refractivity contribution in [1.82, 2.24) is 10.6 Å². The fraction of sp³-hybridized carbons (Fsp3) is 0.889. The average Bonchev–Trinajstić information content (AvgIpc) is 2.65. The van der Waals surface area contributed by atoms with Crippen molar-refractivity contribution >= 4 is 5.91 Å².